The van der Waals surface area contributed by atoms with Gasteiger partial charge in [0.25, 0.3) is 0 Å². The van der Waals surface area contributed by atoms with Crippen LogP contribution in [0.1, 0.15) is 29.9 Å². The minimum absolute atomic E-state index is 0.197. The number of rotatable bonds is 5. The van der Waals surface area contributed by atoms with E-state index in [0.29, 0.717) is 12.5 Å². The van der Waals surface area contributed by atoms with Gasteiger partial charge in [-0.2, -0.15) is 0 Å². The topological polar surface area (TPSA) is 85.7 Å². The largest absolute Gasteiger partial charge is 0.497 e. The van der Waals surface area contributed by atoms with Crippen molar-refractivity contribution in [1.82, 2.24) is 5.16 Å². The zero-order chi connectivity index (χ0) is 16.1. The summed E-state index contributed by atoms with van der Waals surface area (Å²) in [4.78, 5) is 4.38. The molecule has 6 nitrogen and oxygen atoms in total. The molecule has 0 saturated heterocycles. The molecule has 1 heterocycles. The maximum atomic E-state index is 5.92. The maximum absolute atomic E-state index is 5.92. The fraction of sp³-hybridized carbons (Fsp3) is 0.375. The highest BCUT2D eigenvalue weighted by Gasteiger charge is 2.15. The molecule has 2 rings (SSSR count). The van der Waals surface area contributed by atoms with Crippen LogP contribution in [0.2, 0.25) is 0 Å². The molecule has 1 atom stereocenters. The summed E-state index contributed by atoms with van der Waals surface area (Å²) in [5.41, 5.74) is 8.79. The van der Waals surface area contributed by atoms with Gasteiger partial charge in [0, 0.05) is 23.7 Å². The first-order valence-corrected chi connectivity index (χ1v) is 7.15. The van der Waals surface area contributed by atoms with Crippen LogP contribution in [0.4, 0.5) is 5.69 Å². The van der Waals surface area contributed by atoms with E-state index in [9.17, 15) is 0 Å². The summed E-state index contributed by atoms with van der Waals surface area (Å²) in [5.74, 6) is 2.21. The second kappa shape index (κ2) is 6.98. The Morgan fingerprint density at radius 3 is 2.59 bits per heavy atom. The van der Waals surface area contributed by atoms with Crippen LogP contribution in [0, 0.1) is 13.8 Å². The van der Waals surface area contributed by atoms with E-state index in [1.165, 1.54) is 0 Å². The van der Waals surface area contributed by atoms with Gasteiger partial charge in [-0.15, -0.1) is 0 Å². The standard InChI is InChI=1S/C16H22N4O2/c1-10(15-11(2)20-22-12(15)3)9-18-16(17)19-13-5-7-14(21-4)8-6-13/h5-8,10H,9H2,1-4H3,(H3,17,18,19). The monoisotopic (exact) mass is 302 g/mol. The molecule has 118 valence electrons. The van der Waals surface area contributed by atoms with Crippen molar-refractivity contribution < 1.29 is 9.26 Å². The number of nitrogens with zero attached hydrogens (tertiary/aromatic N) is 2. The molecule has 1 unspecified atom stereocenters. The van der Waals surface area contributed by atoms with Crippen LogP contribution in [0.15, 0.2) is 33.8 Å². The third-order valence-corrected chi connectivity index (χ3v) is 3.48. The van der Waals surface area contributed by atoms with E-state index in [0.717, 1.165) is 28.5 Å². The van der Waals surface area contributed by atoms with Crippen LogP contribution >= 0.6 is 0 Å². The summed E-state index contributed by atoms with van der Waals surface area (Å²) in [6.07, 6.45) is 0. The molecule has 0 radical (unpaired) electrons. The van der Waals surface area contributed by atoms with Gasteiger partial charge in [0.1, 0.15) is 11.5 Å². The van der Waals surface area contributed by atoms with Crippen LogP contribution in [-0.2, 0) is 0 Å². The molecule has 0 aliphatic carbocycles. The lowest BCUT2D eigenvalue weighted by Crippen LogP contribution is -2.23. The lowest BCUT2D eigenvalue weighted by atomic mass is 10.00. The number of aromatic nitrogens is 1. The van der Waals surface area contributed by atoms with Gasteiger partial charge in [0.05, 0.1) is 12.8 Å². The molecule has 2 aromatic rings. The number of hydrogen-bond acceptors (Lipinski definition) is 4. The van der Waals surface area contributed by atoms with Gasteiger partial charge >= 0.3 is 0 Å². The van der Waals surface area contributed by atoms with Crippen molar-refractivity contribution in [2.24, 2.45) is 10.7 Å². The molecule has 1 aromatic heterocycles. The molecule has 1 aromatic carbocycles. The number of guanidine groups is 1. The zero-order valence-corrected chi connectivity index (χ0v) is 13.4. The van der Waals surface area contributed by atoms with Gasteiger partial charge in [0.15, 0.2) is 5.96 Å². The summed E-state index contributed by atoms with van der Waals surface area (Å²) < 4.78 is 10.3. The SMILES string of the molecule is COc1ccc(NC(N)=NCC(C)c2c(C)noc2C)cc1. The Morgan fingerprint density at radius 1 is 1.36 bits per heavy atom. The zero-order valence-electron chi connectivity index (χ0n) is 13.4. The van der Waals surface area contributed by atoms with E-state index in [-0.39, 0.29) is 5.92 Å². The third kappa shape index (κ3) is 3.78. The van der Waals surface area contributed by atoms with Crippen molar-refractivity contribution in [2.75, 3.05) is 19.0 Å². The molecular weight excluding hydrogens is 280 g/mol. The number of anilines is 1. The van der Waals surface area contributed by atoms with Crippen LogP contribution in [0.5, 0.6) is 5.75 Å². The summed E-state index contributed by atoms with van der Waals surface area (Å²) in [6, 6.07) is 7.50. The first-order chi connectivity index (χ1) is 10.5. The first-order valence-electron chi connectivity index (χ1n) is 7.15. The van der Waals surface area contributed by atoms with Gasteiger partial charge in [-0.1, -0.05) is 12.1 Å². The molecule has 0 saturated carbocycles. The van der Waals surface area contributed by atoms with Gasteiger partial charge < -0.3 is 20.3 Å². The van der Waals surface area contributed by atoms with E-state index < -0.39 is 0 Å². The fourth-order valence-corrected chi connectivity index (χ4v) is 2.38. The van der Waals surface area contributed by atoms with E-state index in [2.05, 4.69) is 22.4 Å². The molecule has 0 bridgehead atoms. The smallest absolute Gasteiger partial charge is 0.193 e. The maximum Gasteiger partial charge on any atom is 0.193 e. The lowest BCUT2D eigenvalue weighted by Gasteiger charge is -2.10. The van der Waals surface area contributed by atoms with Crippen LogP contribution in [0.3, 0.4) is 0 Å². The Labute approximate surface area is 130 Å². The fourth-order valence-electron chi connectivity index (χ4n) is 2.38. The molecule has 0 aliphatic heterocycles. The van der Waals surface area contributed by atoms with Crippen LogP contribution < -0.4 is 15.8 Å². The van der Waals surface area contributed by atoms with E-state index in [1.54, 1.807) is 7.11 Å². The summed E-state index contributed by atoms with van der Waals surface area (Å²) in [6.45, 7) is 6.49. The summed E-state index contributed by atoms with van der Waals surface area (Å²) >= 11 is 0. The van der Waals surface area contributed by atoms with Gasteiger partial charge in [-0.3, -0.25) is 4.99 Å². The Morgan fingerprint density at radius 2 is 2.05 bits per heavy atom. The van der Waals surface area contributed by atoms with Gasteiger partial charge in [0.2, 0.25) is 0 Å². The first kappa shape index (κ1) is 15.9. The number of aliphatic imine (C=N–C) groups is 1. The highest BCUT2D eigenvalue weighted by atomic mass is 16.5. The summed E-state index contributed by atoms with van der Waals surface area (Å²) in [5, 5.41) is 7.02. The molecule has 0 fully saturated rings. The van der Waals surface area contributed by atoms with Crippen molar-refractivity contribution in [3.63, 3.8) is 0 Å². The van der Waals surface area contributed by atoms with E-state index >= 15 is 0 Å². The number of methoxy groups -OCH3 is 1. The quantitative estimate of drug-likeness (QED) is 0.655. The van der Waals surface area contributed by atoms with E-state index in [1.807, 2.05) is 38.1 Å². The number of hydrogen-bond donors (Lipinski definition) is 2. The molecule has 22 heavy (non-hydrogen) atoms. The molecule has 0 amide bonds. The summed E-state index contributed by atoms with van der Waals surface area (Å²) in [7, 11) is 1.63. The highest BCUT2D eigenvalue weighted by molar-refractivity contribution is 5.92. The number of ether oxygens (including phenoxy) is 1. The van der Waals surface area contributed by atoms with Crippen molar-refractivity contribution in [3.05, 3.63) is 41.3 Å². The van der Waals surface area contributed by atoms with Crippen LogP contribution in [0.25, 0.3) is 0 Å². The Hall–Kier alpha value is -2.50. The number of nitrogens with two attached hydrogens (primary N) is 1. The molecule has 6 heteroatoms. The number of aryl methyl sites for hydroxylation is 2. The number of benzene rings is 1. The lowest BCUT2D eigenvalue weighted by molar-refractivity contribution is 0.391. The normalized spacial score (nSPS) is 13.0. The average Bonchev–Trinajstić information content (AvgIpc) is 2.85. The molecule has 0 spiro atoms. The van der Waals surface area contributed by atoms with Crippen LogP contribution in [-0.4, -0.2) is 24.8 Å². The van der Waals surface area contributed by atoms with Crippen molar-refractivity contribution in [2.45, 2.75) is 26.7 Å². The highest BCUT2D eigenvalue weighted by Crippen LogP contribution is 2.23. The van der Waals surface area contributed by atoms with Gasteiger partial charge in [-0.05, 0) is 38.1 Å². The van der Waals surface area contributed by atoms with Crippen molar-refractivity contribution in [1.29, 1.82) is 0 Å². The average molecular weight is 302 g/mol. The Balaban J connectivity index is 1.97. The van der Waals surface area contributed by atoms with E-state index in [4.69, 9.17) is 15.0 Å². The minimum atomic E-state index is 0.197. The molecule has 0 aliphatic rings. The predicted octanol–water partition coefficient (Wildman–Crippen LogP) is 2.83. The Kier molecular flexibility index (Phi) is 5.04. The second-order valence-electron chi connectivity index (χ2n) is 5.22. The predicted molar refractivity (Wildman–Crippen MR) is 87.5 cm³/mol. The van der Waals surface area contributed by atoms with Crippen molar-refractivity contribution in [3.8, 4) is 5.75 Å². The minimum Gasteiger partial charge on any atom is -0.497 e. The number of nitrogens with one attached hydrogen (secondary N) is 1. The Bertz CT molecular complexity index is 627. The van der Waals surface area contributed by atoms with Gasteiger partial charge in [-0.25, -0.2) is 0 Å². The second-order valence-corrected chi connectivity index (χ2v) is 5.22. The van der Waals surface area contributed by atoms with Crippen molar-refractivity contribution >= 4 is 11.6 Å². The molecule has 3 N–H and O–H groups in total. The third-order valence-electron chi connectivity index (χ3n) is 3.48. The molecular formula is C16H22N4O2.